The predicted octanol–water partition coefficient (Wildman–Crippen LogP) is 1.99. The number of carbonyl (C=O) groups excluding carboxylic acids is 1. The maximum atomic E-state index is 12.6. The first kappa shape index (κ1) is 21.6. The molecule has 2 aromatic rings. The number of aliphatic hydroxyl groups excluding tert-OH is 1. The molecule has 1 aliphatic carbocycles. The van der Waals surface area contributed by atoms with Crippen molar-refractivity contribution in [1.29, 1.82) is 0 Å². The summed E-state index contributed by atoms with van der Waals surface area (Å²) in [7, 11) is 0. The molecule has 9 heteroatoms. The Kier molecular flexibility index (Phi) is 5.27. The Morgan fingerprint density at radius 1 is 1.12 bits per heavy atom. The molecular weight excluding hydrogens is 444 g/mol. The molecule has 33 heavy (non-hydrogen) atoms. The topological polar surface area (TPSA) is 87.2 Å². The molecule has 1 amide bonds. The van der Waals surface area contributed by atoms with Gasteiger partial charge in [0.25, 0.3) is 0 Å². The molecule has 1 aromatic carbocycles. The number of aromatic nitrogens is 1. The molecule has 8 nitrogen and oxygen atoms in total. The second-order valence-electron chi connectivity index (χ2n) is 9.96. The summed E-state index contributed by atoms with van der Waals surface area (Å²) in [6, 6.07) is 5.94. The van der Waals surface area contributed by atoms with E-state index >= 15 is 0 Å². The largest absolute Gasteiger partial charge is 0.389 e. The van der Waals surface area contributed by atoms with Crippen molar-refractivity contribution >= 4 is 39.8 Å². The third kappa shape index (κ3) is 3.68. The van der Waals surface area contributed by atoms with E-state index in [9.17, 15) is 9.90 Å². The van der Waals surface area contributed by atoms with Crippen LogP contribution in [0.15, 0.2) is 24.4 Å². The highest BCUT2D eigenvalue weighted by Crippen LogP contribution is 2.51. The summed E-state index contributed by atoms with van der Waals surface area (Å²) in [6.07, 6.45) is 1.30. The molecule has 4 aliphatic rings. The molecule has 3 aliphatic heterocycles. The van der Waals surface area contributed by atoms with Crippen LogP contribution in [0.5, 0.6) is 0 Å². The van der Waals surface area contributed by atoms with Crippen molar-refractivity contribution in [2.75, 3.05) is 62.8 Å². The third-order valence-corrected chi connectivity index (χ3v) is 8.33. The number of hydrogen-bond donors (Lipinski definition) is 2. The molecule has 1 saturated carbocycles. The van der Waals surface area contributed by atoms with Crippen molar-refractivity contribution < 1.29 is 19.4 Å². The maximum Gasteiger partial charge on any atom is 0.229 e. The molecule has 0 spiro atoms. The van der Waals surface area contributed by atoms with Crippen LogP contribution >= 0.6 is 11.6 Å². The van der Waals surface area contributed by atoms with Gasteiger partial charge in [-0.3, -0.25) is 9.69 Å². The van der Waals surface area contributed by atoms with Gasteiger partial charge in [0.05, 0.1) is 48.8 Å². The first-order chi connectivity index (χ1) is 15.9. The van der Waals surface area contributed by atoms with Crippen LogP contribution in [0.1, 0.15) is 6.92 Å². The van der Waals surface area contributed by atoms with E-state index in [0.717, 1.165) is 42.6 Å². The number of hydrogen-bond acceptors (Lipinski definition) is 7. The number of amides is 1. The van der Waals surface area contributed by atoms with Crippen LogP contribution in [-0.2, 0) is 14.3 Å². The summed E-state index contributed by atoms with van der Waals surface area (Å²) in [5, 5.41) is 16.0. The number of carbonyl (C=O) groups is 1. The van der Waals surface area contributed by atoms with Gasteiger partial charge in [0.1, 0.15) is 5.82 Å². The van der Waals surface area contributed by atoms with E-state index in [1.165, 1.54) is 0 Å². The highest BCUT2D eigenvalue weighted by Gasteiger charge is 2.58. The summed E-state index contributed by atoms with van der Waals surface area (Å²) in [5.41, 5.74) is 0.652. The van der Waals surface area contributed by atoms with Crippen molar-refractivity contribution in [3.8, 4) is 0 Å². The molecule has 2 unspecified atom stereocenters. The van der Waals surface area contributed by atoms with Gasteiger partial charge in [-0.1, -0.05) is 11.6 Å². The van der Waals surface area contributed by atoms with Gasteiger partial charge in [-0.05, 0) is 42.3 Å². The number of nitrogens with one attached hydrogen (secondary N) is 1. The van der Waals surface area contributed by atoms with Crippen molar-refractivity contribution in [2.45, 2.75) is 18.6 Å². The number of ether oxygens (including phenoxy) is 2. The summed E-state index contributed by atoms with van der Waals surface area (Å²) >= 11 is 6.65. The average molecular weight is 473 g/mol. The number of anilines is 2. The summed E-state index contributed by atoms with van der Waals surface area (Å²) in [6.45, 7) is 7.70. The van der Waals surface area contributed by atoms with Crippen LogP contribution in [0.4, 0.5) is 11.5 Å². The third-order valence-electron chi connectivity index (χ3n) is 8.02. The maximum absolute atomic E-state index is 12.6. The molecule has 0 bridgehead atoms. The normalized spacial score (nSPS) is 34.0. The Balaban J connectivity index is 1.17. The number of benzene rings is 1. The summed E-state index contributed by atoms with van der Waals surface area (Å²) in [5.74, 6) is 1.40. The zero-order valence-corrected chi connectivity index (χ0v) is 19.4. The Morgan fingerprint density at radius 3 is 2.58 bits per heavy atom. The monoisotopic (exact) mass is 472 g/mol. The lowest BCUT2D eigenvalue weighted by Crippen LogP contribution is -2.60. The standard InChI is InChI=1S/C24H29ClN4O4/c1-24(13-33-12-20(24)30)29-4-2-28(3-5-29)19-7-14-8-21(26-9-15(14)6-18(19)25)27-23(31)22-16-10-32-11-17(16)22/h6-9,16-17,20,22,30H,2-5,10-13H2,1H3,(H,26,27,31)/t16-,17?,20+,22?,24-/m1/s1. The van der Waals surface area contributed by atoms with Crippen LogP contribution in [0.25, 0.3) is 10.8 Å². The Hall–Kier alpha value is -1.97. The van der Waals surface area contributed by atoms with Crippen molar-refractivity contribution in [2.24, 2.45) is 17.8 Å². The molecule has 0 radical (unpaired) electrons. The fourth-order valence-electron chi connectivity index (χ4n) is 5.72. The first-order valence-electron chi connectivity index (χ1n) is 11.7. The quantitative estimate of drug-likeness (QED) is 0.703. The van der Waals surface area contributed by atoms with Gasteiger partial charge in [-0.25, -0.2) is 4.98 Å². The van der Waals surface area contributed by atoms with E-state index in [1.54, 1.807) is 6.20 Å². The molecule has 4 fully saturated rings. The van der Waals surface area contributed by atoms with E-state index in [1.807, 2.05) is 12.1 Å². The summed E-state index contributed by atoms with van der Waals surface area (Å²) < 4.78 is 10.9. The van der Waals surface area contributed by atoms with Crippen LogP contribution in [0.3, 0.4) is 0 Å². The molecule has 2 N–H and O–H groups in total. The molecular formula is C24H29ClN4O4. The second kappa shape index (κ2) is 8.06. The SMILES string of the molecule is C[C@@]1(N2CCN(c3cc4cc(NC(=O)C5C6COC[C@H]65)ncc4cc3Cl)CC2)COC[C@@H]1O. The number of pyridine rings is 1. The van der Waals surface area contributed by atoms with E-state index in [0.29, 0.717) is 49.1 Å². The van der Waals surface area contributed by atoms with Gasteiger partial charge in [0, 0.05) is 43.7 Å². The molecule has 1 aromatic heterocycles. The van der Waals surface area contributed by atoms with Crippen molar-refractivity contribution in [3.63, 3.8) is 0 Å². The van der Waals surface area contributed by atoms with Crippen molar-refractivity contribution in [1.82, 2.24) is 9.88 Å². The zero-order valence-electron chi connectivity index (χ0n) is 18.7. The van der Waals surface area contributed by atoms with E-state index < -0.39 is 6.10 Å². The number of nitrogens with zero attached hydrogens (tertiary/aromatic N) is 3. The number of halogens is 1. The molecule has 3 saturated heterocycles. The highest BCUT2D eigenvalue weighted by molar-refractivity contribution is 6.34. The van der Waals surface area contributed by atoms with Gasteiger partial charge in [0.2, 0.25) is 5.91 Å². The number of rotatable bonds is 4. The lowest BCUT2D eigenvalue weighted by Gasteiger charge is -2.45. The Labute approximate surface area is 197 Å². The van der Waals surface area contributed by atoms with E-state index in [2.05, 4.69) is 33.1 Å². The van der Waals surface area contributed by atoms with Gasteiger partial charge < -0.3 is 24.8 Å². The smallest absolute Gasteiger partial charge is 0.229 e. The lowest BCUT2D eigenvalue weighted by atomic mass is 9.95. The Bertz CT molecular complexity index is 1080. The second-order valence-corrected chi connectivity index (χ2v) is 10.4. The van der Waals surface area contributed by atoms with Crippen LogP contribution in [0, 0.1) is 17.8 Å². The first-order valence-corrected chi connectivity index (χ1v) is 12.1. The number of fused-ring (bicyclic) bond motifs is 2. The highest BCUT2D eigenvalue weighted by atomic mass is 35.5. The fraction of sp³-hybridized carbons (Fsp3) is 0.583. The van der Waals surface area contributed by atoms with Crippen LogP contribution in [-0.4, -0.2) is 85.1 Å². The van der Waals surface area contributed by atoms with Crippen LogP contribution in [0.2, 0.25) is 5.02 Å². The molecule has 4 heterocycles. The average Bonchev–Trinajstić information content (AvgIpc) is 3.09. The molecule has 5 atom stereocenters. The van der Waals surface area contributed by atoms with E-state index in [4.69, 9.17) is 21.1 Å². The number of aliphatic hydroxyl groups is 1. The summed E-state index contributed by atoms with van der Waals surface area (Å²) in [4.78, 5) is 21.7. The van der Waals surface area contributed by atoms with Gasteiger partial charge in [0.15, 0.2) is 0 Å². The zero-order chi connectivity index (χ0) is 22.7. The van der Waals surface area contributed by atoms with Gasteiger partial charge in [-0.15, -0.1) is 0 Å². The fourth-order valence-corrected chi connectivity index (χ4v) is 6.01. The minimum absolute atomic E-state index is 0.0389. The minimum atomic E-state index is -0.461. The van der Waals surface area contributed by atoms with E-state index in [-0.39, 0.29) is 17.4 Å². The van der Waals surface area contributed by atoms with Crippen molar-refractivity contribution in [3.05, 3.63) is 29.4 Å². The Morgan fingerprint density at radius 2 is 1.88 bits per heavy atom. The lowest BCUT2D eigenvalue weighted by molar-refractivity contribution is -0.118. The number of piperazine rings is 1. The van der Waals surface area contributed by atoms with Crippen LogP contribution < -0.4 is 10.2 Å². The molecule has 6 rings (SSSR count). The predicted molar refractivity (Wildman–Crippen MR) is 126 cm³/mol. The van der Waals surface area contributed by atoms with Gasteiger partial charge in [-0.2, -0.15) is 0 Å². The van der Waals surface area contributed by atoms with Gasteiger partial charge >= 0.3 is 0 Å². The molecule has 176 valence electrons. The minimum Gasteiger partial charge on any atom is -0.389 e.